The maximum atomic E-state index is 13.1. The van der Waals surface area contributed by atoms with E-state index in [-0.39, 0.29) is 11.5 Å². The molecule has 1 aliphatic rings. The molecule has 0 spiro atoms. The van der Waals surface area contributed by atoms with Gasteiger partial charge in [-0.2, -0.15) is 5.10 Å². The van der Waals surface area contributed by atoms with Gasteiger partial charge < -0.3 is 0 Å². The van der Waals surface area contributed by atoms with E-state index in [1.807, 2.05) is 31.2 Å². The first kappa shape index (κ1) is 19.5. The molecule has 6 nitrogen and oxygen atoms in total. The van der Waals surface area contributed by atoms with Crippen molar-refractivity contribution in [3.8, 4) is 0 Å². The molecule has 7 heteroatoms. The average Bonchev–Trinajstić information content (AvgIpc) is 3.07. The summed E-state index contributed by atoms with van der Waals surface area (Å²) >= 11 is 1.61. The summed E-state index contributed by atoms with van der Waals surface area (Å²) in [6.45, 7) is 5.94. The third-order valence-corrected chi connectivity index (χ3v) is 6.67. The van der Waals surface area contributed by atoms with E-state index in [2.05, 4.69) is 22.4 Å². The zero-order valence-electron chi connectivity index (χ0n) is 16.8. The number of carbonyl (C=O) groups is 1. The van der Waals surface area contributed by atoms with Crippen molar-refractivity contribution in [1.29, 1.82) is 0 Å². The molecule has 2 aromatic heterocycles. The fourth-order valence-corrected chi connectivity index (χ4v) is 5.00. The standard InChI is InChI=1S/C22H24N4O2S/c1-13-4-7-16(8-5-13)11-24-25-20(27)15(3)26-12-23-21-19(22(26)28)17-9-6-14(2)10-18(17)29-21/h4-5,7-8,11-12,14-15H,6,9-10H2,1-3H3,(H,25,27)/b24-11-. The summed E-state index contributed by atoms with van der Waals surface area (Å²) in [5.74, 6) is 0.281. The molecule has 2 atom stereocenters. The van der Waals surface area contributed by atoms with Crippen LogP contribution in [0, 0.1) is 12.8 Å². The normalized spacial score (nSPS) is 17.4. The molecule has 3 aromatic rings. The Hall–Kier alpha value is -2.80. The fraction of sp³-hybridized carbons (Fsp3) is 0.364. The first-order valence-electron chi connectivity index (χ1n) is 9.85. The molecule has 4 rings (SSSR count). The monoisotopic (exact) mass is 408 g/mol. The molecule has 0 bridgehead atoms. The van der Waals surface area contributed by atoms with Gasteiger partial charge in [0.1, 0.15) is 10.9 Å². The predicted molar refractivity (Wildman–Crippen MR) is 117 cm³/mol. The van der Waals surface area contributed by atoms with Gasteiger partial charge in [0.05, 0.1) is 17.9 Å². The van der Waals surface area contributed by atoms with Gasteiger partial charge in [-0.15, -0.1) is 11.3 Å². The molecule has 0 radical (unpaired) electrons. The number of carbonyl (C=O) groups excluding carboxylic acids is 1. The number of nitrogens with one attached hydrogen (secondary N) is 1. The number of nitrogens with zero attached hydrogens (tertiary/aromatic N) is 3. The van der Waals surface area contributed by atoms with E-state index in [9.17, 15) is 9.59 Å². The molecular formula is C22H24N4O2S. The quantitative estimate of drug-likeness (QED) is 0.529. The van der Waals surface area contributed by atoms with Crippen LogP contribution in [0.15, 0.2) is 40.5 Å². The first-order valence-corrected chi connectivity index (χ1v) is 10.7. The molecule has 1 N–H and O–H groups in total. The largest absolute Gasteiger partial charge is 0.286 e. The Morgan fingerprint density at radius 3 is 2.90 bits per heavy atom. The fourth-order valence-electron chi connectivity index (χ4n) is 3.66. The zero-order chi connectivity index (χ0) is 20.5. The minimum Gasteiger partial charge on any atom is -0.286 e. The van der Waals surface area contributed by atoms with Crippen LogP contribution in [0.25, 0.3) is 10.2 Å². The maximum Gasteiger partial charge on any atom is 0.263 e. The number of thiophene rings is 1. The lowest BCUT2D eigenvalue weighted by atomic mass is 9.89. The van der Waals surface area contributed by atoms with Gasteiger partial charge in [0.2, 0.25) is 0 Å². The lowest BCUT2D eigenvalue weighted by Crippen LogP contribution is -2.34. The minimum absolute atomic E-state index is 0.146. The lowest BCUT2D eigenvalue weighted by Gasteiger charge is -2.18. The highest BCUT2D eigenvalue weighted by Crippen LogP contribution is 2.35. The SMILES string of the molecule is Cc1ccc(/C=N\NC(=O)C(C)n2cnc3sc4c(c3c2=O)CCC(C)C4)cc1. The number of hydrazone groups is 1. The van der Waals surface area contributed by atoms with Crippen molar-refractivity contribution in [3.63, 3.8) is 0 Å². The predicted octanol–water partition coefficient (Wildman–Crippen LogP) is 3.60. The van der Waals surface area contributed by atoms with Crippen molar-refractivity contribution in [2.24, 2.45) is 11.0 Å². The van der Waals surface area contributed by atoms with Crippen LogP contribution < -0.4 is 11.0 Å². The Morgan fingerprint density at radius 2 is 2.14 bits per heavy atom. The number of aromatic nitrogens is 2. The molecule has 29 heavy (non-hydrogen) atoms. The minimum atomic E-state index is -0.701. The van der Waals surface area contributed by atoms with Crippen molar-refractivity contribution in [2.45, 2.75) is 46.1 Å². The highest BCUT2D eigenvalue weighted by Gasteiger charge is 2.25. The van der Waals surface area contributed by atoms with Gasteiger partial charge in [0.15, 0.2) is 0 Å². The van der Waals surface area contributed by atoms with Crippen LogP contribution >= 0.6 is 11.3 Å². The summed E-state index contributed by atoms with van der Waals surface area (Å²) in [7, 11) is 0. The van der Waals surface area contributed by atoms with Crippen LogP contribution in [0.2, 0.25) is 0 Å². The number of fused-ring (bicyclic) bond motifs is 3. The third kappa shape index (κ3) is 3.87. The maximum absolute atomic E-state index is 13.1. The highest BCUT2D eigenvalue weighted by molar-refractivity contribution is 7.18. The Balaban J connectivity index is 1.55. The van der Waals surface area contributed by atoms with Crippen LogP contribution in [0.1, 0.15) is 47.9 Å². The Kier molecular flexibility index (Phi) is 5.32. The van der Waals surface area contributed by atoms with Crippen molar-refractivity contribution in [2.75, 3.05) is 0 Å². The second-order valence-corrected chi connectivity index (χ2v) is 8.89. The van der Waals surface area contributed by atoms with Gasteiger partial charge in [0.25, 0.3) is 11.5 Å². The molecule has 2 heterocycles. The average molecular weight is 409 g/mol. The summed E-state index contributed by atoms with van der Waals surface area (Å²) in [5, 5.41) is 4.70. The van der Waals surface area contributed by atoms with E-state index < -0.39 is 6.04 Å². The van der Waals surface area contributed by atoms with Gasteiger partial charge in [-0.05, 0) is 50.2 Å². The number of amides is 1. The van der Waals surface area contributed by atoms with E-state index in [1.165, 1.54) is 15.8 Å². The third-order valence-electron chi connectivity index (χ3n) is 5.50. The highest BCUT2D eigenvalue weighted by atomic mass is 32.1. The molecular weight excluding hydrogens is 384 g/mol. The van der Waals surface area contributed by atoms with E-state index in [0.29, 0.717) is 11.3 Å². The van der Waals surface area contributed by atoms with E-state index in [1.54, 1.807) is 24.5 Å². The van der Waals surface area contributed by atoms with E-state index >= 15 is 0 Å². The van der Waals surface area contributed by atoms with Gasteiger partial charge in [-0.3, -0.25) is 14.2 Å². The van der Waals surface area contributed by atoms with Crippen molar-refractivity contribution in [1.82, 2.24) is 15.0 Å². The second-order valence-electron chi connectivity index (χ2n) is 7.81. The molecule has 0 fully saturated rings. The summed E-state index contributed by atoms with van der Waals surface area (Å²) in [4.78, 5) is 32.2. The first-order chi connectivity index (χ1) is 13.9. The van der Waals surface area contributed by atoms with Crippen LogP contribution in [-0.2, 0) is 17.6 Å². The van der Waals surface area contributed by atoms with Crippen LogP contribution in [0.4, 0.5) is 0 Å². The molecule has 1 aromatic carbocycles. The number of hydrogen-bond acceptors (Lipinski definition) is 5. The molecule has 1 amide bonds. The number of aryl methyl sites for hydroxylation is 2. The molecule has 150 valence electrons. The molecule has 2 unspecified atom stereocenters. The number of hydrogen-bond donors (Lipinski definition) is 1. The number of rotatable bonds is 4. The Morgan fingerprint density at radius 1 is 1.38 bits per heavy atom. The van der Waals surface area contributed by atoms with Gasteiger partial charge in [-0.25, -0.2) is 10.4 Å². The van der Waals surface area contributed by atoms with Gasteiger partial charge in [0, 0.05) is 4.88 Å². The molecule has 0 saturated heterocycles. The van der Waals surface area contributed by atoms with Crippen LogP contribution in [0.3, 0.4) is 0 Å². The summed E-state index contributed by atoms with van der Waals surface area (Å²) < 4.78 is 1.41. The second kappa shape index (κ2) is 7.91. The Bertz CT molecular complexity index is 1140. The van der Waals surface area contributed by atoms with Crippen molar-refractivity contribution >= 4 is 33.7 Å². The van der Waals surface area contributed by atoms with Gasteiger partial charge in [-0.1, -0.05) is 36.8 Å². The summed E-state index contributed by atoms with van der Waals surface area (Å²) in [6.07, 6.45) is 6.05. The summed E-state index contributed by atoms with van der Waals surface area (Å²) in [5.41, 5.74) is 5.56. The van der Waals surface area contributed by atoms with Gasteiger partial charge >= 0.3 is 0 Å². The number of benzene rings is 1. The van der Waals surface area contributed by atoms with E-state index in [0.717, 1.165) is 40.8 Å². The van der Waals surface area contributed by atoms with Crippen molar-refractivity contribution in [3.05, 3.63) is 62.5 Å². The zero-order valence-corrected chi connectivity index (χ0v) is 17.6. The van der Waals surface area contributed by atoms with Crippen molar-refractivity contribution < 1.29 is 4.79 Å². The lowest BCUT2D eigenvalue weighted by molar-refractivity contribution is -0.123. The summed E-state index contributed by atoms with van der Waals surface area (Å²) in [6, 6.07) is 7.12. The Labute approximate surface area is 173 Å². The smallest absolute Gasteiger partial charge is 0.263 e. The molecule has 0 saturated carbocycles. The molecule has 0 aliphatic heterocycles. The molecule has 1 aliphatic carbocycles. The topological polar surface area (TPSA) is 76.3 Å². The van der Waals surface area contributed by atoms with Crippen LogP contribution in [0.5, 0.6) is 0 Å². The van der Waals surface area contributed by atoms with Crippen LogP contribution in [-0.4, -0.2) is 21.7 Å². The van der Waals surface area contributed by atoms with E-state index in [4.69, 9.17) is 0 Å².